The third-order valence-electron chi connectivity index (χ3n) is 1.52. The zero-order chi connectivity index (χ0) is 8.65. The van der Waals surface area contributed by atoms with Crippen LogP contribution < -0.4 is 5.73 Å². The molecule has 0 radical (unpaired) electrons. The molecule has 2 N–H and O–H groups in total. The van der Waals surface area contributed by atoms with E-state index in [1.807, 2.05) is 6.92 Å². The summed E-state index contributed by atoms with van der Waals surface area (Å²) in [6, 6.07) is 0.257. The van der Waals surface area contributed by atoms with E-state index in [2.05, 4.69) is 25.8 Å². The number of hydrogen-bond acceptors (Lipinski definition) is 3. The van der Waals surface area contributed by atoms with Crippen LogP contribution in [0, 0.1) is 6.92 Å². The molecule has 0 aliphatic rings. The van der Waals surface area contributed by atoms with Crippen molar-refractivity contribution in [3.8, 4) is 0 Å². The van der Waals surface area contributed by atoms with Crippen molar-refractivity contribution in [2.24, 2.45) is 0 Å². The maximum absolute atomic E-state index is 5.40. The van der Waals surface area contributed by atoms with Gasteiger partial charge in [-0.3, -0.25) is 0 Å². The minimum Gasteiger partial charge on any atom is -0.429 e. The van der Waals surface area contributed by atoms with Gasteiger partial charge in [-0.2, -0.15) is 4.98 Å². The summed E-state index contributed by atoms with van der Waals surface area (Å²) in [6.45, 7) is 8.12. The number of oxazole rings is 1. The van der Waals surface area contributed by atoms with Gasteiger partial charge in [0.05, 0.1) is 5.69 Å². The molecule has 0 fully saturated rings. The quantitative estimate of drug-likeness (QED) is 0.620. The van der Waals surface area contributed by atoms with Gasteiger partial charge >= 0.3 is 0 Å². The molecule has 1 heterocycles. The molecule has 0 bridgehead atoms. The standard InChI is InChI=1S/C8H14N2O/c1-5-6(8(2,3)4)10-7(9)11-5/h1-4H3,(H2,9,10). The number of aryl methyl sites for hydroxylation is 1. The first-order chi connectivity index (χ1) is 4.91. The number of nitrogens with two attached hydrogens (primary N) is 1. The Kier molecular flexibility index (Phi) is 1.66. The Bertz CT molecular complexity index is 258. The van der Waals surface area contributed by atoms with Gasteiger partial charge in [-0.1, -0.05) is 20.8 Å². The smallest absolute Gasteiger partial charge is 0.292 e. The molecule has 3 nitrogen and oxygen atoms in total. The molecular formula is C8H14N2O. The van der Waals surface area contributed by atoms with Gasteiger partial charge in [0.25, 0.3) is 6.01 Å². The summed E-state index contributed by atoms with van der Waals surface area (Å²) in [5.41, 5.74) is 6.36. The lowest BCUT2D eigenvalue weighted by atomic mass is 9.91. The summed E-state index contributed by atoms with van der Waals surface area (Å²) in [5.74, 6) is 0.815. The third-order valence-corrected chi connectivity index (χ3v) is 1.52. The molecule has 11 heavy (non-hydrogen) atoms. The summed E-state index contributed by atoms with van der Waals surface area (Å²) < 4.78 is 5.11. The van der Waals surface area contributed by atoms with E-state index in [0.29, 0.717) is 0 Å². The Balaban J connectivity index is 3.13. The van der Waals surface area contributed by atoms with Gasteiger partial charge in [0, 0.05) is 5.41 Å². The fraction of sp³-hybridized carbons (Fsp3) is 0.625. The number of hydrogen-bond donors (Lipinski definition) is 1. The molecule has 0 aliphatic heterocycles. The van der Waals surface area contributed by atoms with Crippen LogP contribution in [0.15, 0.2) is 4.42 Å². The van der Waals surface area contributed by atoms with E-state index >= 15 is 0 Å². The minimum atomic E-state index is 0.0191. The zero-order valence-electron chi connectivity index (χ0n) is 7.43. The van der Waals surface area contributed by atoms with Crippen LogP contribution in [-0.2, 0) is 5.41 Å². The van der Waals surface area contributed by atoms with Crippen LogP contribution in [-0.4, -0.2) is 4.98 Å². The van der Waals surface area contributed by atoms with E-state index in [9.17, 15) is 0 Å². The van der Waals surface area contributed by atoms with Crippen LogP contribution in [0.3, 0.4) is 0 Å². The van der Waals surface area contributed by atoms with E-state index in [1.165, 1.54) is 0 Å². The van der Waals surface area contributed by atoms with Crippen molar-refractivity contribution in [1.82, 2.24) is 4.98 Å². The van der Waals surface area contributed by atoms with Gasteiger partial charge < -0.3 is 10.2 Å². The molecule has 1 aromatic heterocycles. The second-order valence-corrected chi connectivity index (χ2v) is 3.71. The molecule has 0 unspecified atom stereocenters. The van der Waals surface area contributed by atoms with Crippen LogP contribution in [0.2, 0.25) is 0 Å². The van der Waals surface area contributed by atoms with Crippen molar-refractivity contribution >= 4 is 6.01 Å². The molecule has 0 amide bonds. The minimum absolute atomic E-state index is 0.0191. The summed E-state index contributed by atoms with van der Waals surface area (Å²) in [6.07, 6.45) is 0. The van der Waals surface area contributed by atoms with Gasteiger partial charge in [0.1, 0.15) is 5.76 Å². The summed E-state index contributed by atoms with van der Waals surface area (Å²) in [5, 5.41) is 0. The highest BCUT2D eigenvalue weighted by molar-refractivity contribution is 5.24. The molecular weight excluding hydrogens is 140 g/mol. The average Bonchev–Trinajstić information content (AvgIpc) is 2.08. The van der Waals surface area contributed by atoms with Crippen molar-refractivity contribution in [2.45, 2.75) is 33.1 Å². The number of anilines is 1. The highest BCUT2D eigenvalue weighted by Crippen LogP contribution is 2.25. The van der Waals surface area contributed by atoms with Crippen molar-refractivity contribution in [2.75, 3.05) is 5.73 Å². The van der Waals surface area contributed by atoms with E-state index in [0.717, 1.165) is 11.5 Å². The molecule has 1 rings (SSSR count). The molecule has 0 atom stereocenters. The van der Waals surface area contributed by atoms with Crippen molar-refractivity contribution in [1.29, 1.82) is 0 Å². The Labute approximate surface area is 66.6 Å². The maximum Gasteiger partial charge on any atom is 0.292 e. The van der Waals surface area contributed by atoms with Crippen LogP contribution in [0.1, 0.15) is 32.2 Å². The fourth-order valence-corrected chi connectivity index (χ4v) is 1.11. The van der Waals surface area contributed by atoms with Crippen molar-refractivity contribution in [3.63, 3.8) is 0 Å². The van der Waals surface area contributed by atoms with Gasteiger partial charge in [0.2, 0.25) is 0 Å². The Morgan fingerprint density at radius 3 is 2.09 bits per heavy atom. The number of rotatable bonds is 0. The lowest BCUT2D eigenvalue weighted by Crippen LogP contribution is -2.13. The first-order valence-electron chi connectivity index (χ1n) is 3.64. The van der Waals surface area contributed by atoms with E-state index in [1.54, 1.807) is 0 Å². The SMILES string of the molecule is Cc1oc(N)nc1C(C)(C)C. The largest absolute Gasteiger partial charge is 0.429 e. The molecule has 0 saturated heterocycles. The molecule has 0 spiro atoms. The highest BCUT2D eigenvalue weighted by atomic mass is 16.4. The van der Waals surface area contributed by atoms with Gasteiger partial charge in [-0.15, -0.1) is 0 Å². The van der Waals surface area contributed by atoms with Crippen LogP contribution in [0.5, 0.6) is 0 Å². The topological polar surface area (TPSA) is 52.0 Å². The van der Waals surface area contributed by atoms with Crippen LogP contribution in [0.25, 0.3) is 0 Å². The van der Waals surface area contributed by atoms with Crippen molar-refractivity contribution < 1.29 is 4.42 Å². The molecule has 3 heteroatoms. The first kappa shape index (κ1) is 8.11. The monoisotopic (exact) mass is 154 g/mol. The second-order valence-electron chi connectivity index (χ2n) is 3.71. The van der Waals surface area contributed by atoms with E-state index in [4.69, 9.17) is 10.2 Å². The van der Waals surface area contributed by atoms with E-state index in [-0.39, 0.29) is 11.4 Å². The average molecular weight is 154 g/mol. The molecule has 1 aromatic rings. The van der Waals surface area contributed by atoms with Crippen LogP contribution in [0.4, 0.5) is 6.01 Å². The first-order valence-corrected chi connectivity index (χ1v) is 3.64. The molecule has 0 aliphatic carbocycles. The lowest BCUT2D eigenvalue weighted by molar-refractivity contribution is 0.518. The number of nitrogens with zero attached hydrogens (tertiary/aromatic N) is 1. The molecule has 0 aromatic carbocycles. The maximum atomic E-state index is 5.40. The fourth-order valence-electron chi connectivity index (χ4n) is 1.11. The van der Waals surface area contributed by atoms with E-state index < -0.39 is 0 Å². The number of nitrogen functional groups attached to an aromatic ring is 1. The predicted molar refractivity (Wildman–Crippen MR) is 44.4 cm³/mol. The lowest BCUT2D eigenvalue weighted by Gasteiger charge is -2.14. The molecule has 62 valence electrons. The third kappa shape index (κ3) is 1.53. The Morgan fingerprint density at radius 2 is 1.91 bits per heavy atom. The molecule has 0 saturated carbocycles. The number of aromatic nitrogens is 1. The second kappa shape index (κ2) is 2.26. The van der Waals surface area contributed by atoms with Gasteiger partial charge in [-0.05, 0) is 6.92 Å². The van der Waals surface area contributed by atoms with Crippen molar-refractivity contribution in [3.05, 3.63) is 11.5 Å². The summed E-state index contributed by atoms with van der Waals surface area (Å²) in [7, 11) is 0. The Morgan fingerprint density at radius 1 is 1.36 bits per heavy atom. The summed E-state index contributed by atoms with van der Waals surface area (Å²) >= 11 is 0. The summed E-state index contributed by atoms with van der Waals surface area (Å²) in [4.78, 5) is 4.09. The van der Waals surface area contributed by atoms with Crippen LogP contribution >= 0.6 is 0 Å². The predicted octanol–water partition coefficient (Wildman–Crippen LogP) is 1.86. The van der Waals surface area contributed by atoms with Gasteiger partial charge in [-0.25, -0.2) is 0 Å². The van der Waals surface area contributed by atoms with Gasteiger partial charge in [0.15, 0.2) is 0 Å². The normalized spacial score (nSPS) is 12.0. The Hall–Kier alpha value is -0.990. The highest BCUT2D eigenvalue weighted by Gasteiger charge is 2.21. The zero-order valence-corrected chi connectivity index (χ0v) is 7.43.